The van der Waals surface area contributed by atoms with E-state index in [0.29, 0.717) is 11.6 Å². The SMILES string of the molecule is CN(Cc1ccccc1N1CCCCC1)C(=O)CCNS(=O)(=O)c1ccc(Cl)cc1. The minimum atomic E-state index is -3.66. The van der Waals surface area contributed by atoms with Gasteiger partial charge in [-0.3, -0.25) is 4.79 Å². The molecule has 1 aliphatic rings. The number of benzene rings is 2. The van der Waals surface area contributed by atoms with Crippen molar-refractivity contribution in [1.29, 1.82) is 0 Å². The van der Waals surface area contributed by atoms with Crippen molar-refractivity contribution in [3.05, 3.63) is 59.1 Å². The molecule has 0 unspecified atom stereocenters. The van der Waals surface area contributed by atoms with Crippen LogP contribution in [0.3, 0.4) is 0 Å². The average molecular weight is 450 g/mol. The molecule has 1 saturated heterocycles. The molecule has 1 aliphatic heterocycles. The zero-order valence-corrected chi connectivity index (χ0v) is 18.8. The Labute approximate surface area is 183 Å². The highest BCUT2D eigenvalue weighted by Crippen LogP contribution is 2.25. The summed E-state index contributed by atoms with van der Waals surface area (Å²) < 4.78 is 27.1. The molecule has 0 spiro atoms. The van der Waals surface area contributed by atoms with Crippen LogP contribution in [0, 0.1) is 0 Å². The van der Waals surface area contributed by atoms with Crippen LogP contribution in [0.2, 0.25) is 5.02 Å². The number of rotatable bonds is 8. The first kappa shape index (κ1) is 22.6. The minimum Gasteiger partial charge on any atom is -0.371 e. The Kier molecular flexibility index (Phi) is 7.75. The van der Waals surface area contributed by atoms with Crippen LogP contribution in [0.4, 0.5) is 5.69 Å². The summed E-state index contributed by atoms with van der Waals surface area (Å²) >= 11 is 5.80. The number of anilines is 1. The number of nitrogens with zero attached hydrogens (tertiary/aromatic N) is 2. The van der Waals surface area contributed by atoms with Crippen molar-refractivity contribution in [2.75, 3.05) is 31.6 Å². The normalized spacial score (nSPS) is 14.5. The molecular weight excluding hydrogens is 422 g/mol. The monoisotopic (exact) mass is 449 g/mol. The smallest absolute Gasteiger partial charge is 0.240 e. The third-order valence-electron chi connectivity index (χ3n) is 5.28. The molecule has 1 fully saturated rings. The van der Waals surface area contributed by atoms with Crippen molar-refractivity contribution in [2.24, 2.45) is 0 Å². The highest BCUT2D eigenvalue weighted by Gasteiger charge is 2.18. The predicted octanol–water partition coefficient (Wildman–Crippen LogP) is 3.66. The number of nitrogens with one attached hydrogen (secondary N) is 1. The van der Waals surface area contributed by atoms with Gasteiger partial charge in [-0.2, -0.15) is 0 Å². The number of hydrogen-bond donors (Lipinski definition) is 1. The second-order valence-electron chi connectivity index (χ2n) is 7.53. The molecule has 0 radical (unpaired) electrons. The molecule has 2 aromatic carbocycles. The van der Waals surface area contributed by atoms with E-state index >= 15 is 0 Å². The Hall–Kier alpha value is -2.09. The second-order valence-corrected chi connectivity index (χ2v) is 9.73. The zero-order valence-electron chi connectivity index (χ0n) is 17.2. The van der Waals surface area contributed by atoms with Crippen molar-refractivity contribution >= 4 is 33.2 Å². The van der Waals surface area contributed by atoms with Crippen molar-refractivity contribution in [1.82, 2.24) is 9.62 Å². The molecule has 0 atom stereocenters. The molecule has 1 amide bonds. The quantitative estimate of drug-likeness (QED) is 0.667. The maximum absolute atomic E-state index is 12.6. The van der Waals surface area contributed by atoms with Gasteiger partial charge in [0.15, 0.2) is 0 Å². The van der Waals surface area contributed by atoms with Crippen molar-refractivity contribution in [2.45, 2.75) is 37.1 Å². The van der Waals surface area contributed by atoms with E-state index in [9.17, 15) is 13.2 Å². The van der Waals surface area contributed by atoms with Gasteiger partial charge in [-0.1, -0.05) is 29.8 Å². The molecule has 0 saturated carbocycles. The van der Waals surface area contributed by atoms with Gasteiger partial charge in [0, 0.05) is 50.4 Å². The van der Waals surface area contributed by atoms with Gasteiger partial charge < -0.3 is 9.80 Å². The van der Waals surface area contributed by atoms with Gasteiger partial charge in [0.25, 0.3) is 0 Å². The minimum absolute atomic E-state index is 0.0436. The Balaban J connectivity index is 1.55. The van der Waals surface area contributed by atoms with Gasteiger partial charge in [-0.15, -0.1) is 0 Å². The summed E-state index contributed by atoms with van der Waals surface area (Å²) in [4.78, 5) is 16.7. The molecule has 3 rings (SSSR count). The van der Waals surface area contributed by atoms with E-state index in [1.807, 2.05) is 12.1 Å². The van der Waals surface area contributed by atoms with E-state index in [0.717, 1.165) is 18.7 Å². The topological polar surface area (TPSA) is 69.7 Å². The largest absolute Gasteiger partial charge is 0.371 e. The standard InChI is InChI=1S/C22H28ClN3O3S/c1-25(17-18-7-3-4-8-21(18)26-15-5-2-6-16-26)22(27)13-14-24-30(28,29)20-11-9-19(23)10-12-20/h3-4,7-12,24H,2,5-6,13-17H2,1H3. The average Bonchev–Trinajstić information content (AvgIpc) is 2.75. The van der Waals surface area contributed by atoms with E-state index in [2.05, 4.69) is 21.8 Å². The maximum Gasteiger partial charge on any atom is 0.240 e. The summed E-state index contributed by atoms with van der Waals surface area (Å²) in [7, 11) is -1.91. The molecule has 1 heterocycles. The zero-order chi connectivity index (χ0) is 21.6. The fourth-order valence-corrected chi connectivity index (χ4v) is 4.77. The first-order valence-corrected chi connectivity index (χ1v) is 12.0. The van der Waals surface area contributed by atoms with Crippen LogP contribution in [0.25, 0.3) is 0 Å². The highest BCUT2D eigenvalue weighted by atomic mass is 35.5. The van der Waals surface area contributed by atoms with Gasteiger partial charge in [0.2, 0.25) is 15.9 Å². The molecule has 0 aromatic heterocycles. The van der Waals surface area contributed by atoms with Crippen LogP contribution in [0.1, 0.15) is 31.2 Å². The predicted molar refractivity (Wildman–Crippen MR) is 120 cm³/mol. The van der Waals surface area contributed by atoms with Crippen LogP contribution in [-0.4, -0.2) is 45.9 Å². The first-order chi connectivity index (χ1) is 14.4. The molecule has 1 N–H and O–H groups in total. The third kappa shape index (κ3) is 5.97. The Morgan fingerprint density at radius 2 is 1.73 bits per heavy atom. The van der Waals surface area contributed by atoms with E-state index < -0.39 is 10.0 Å². The molecule has 0 aliphatic carbocycles. The van der Waals surface area contributed by atoms with Gasteiger partial charge in [0.05, 0.1) is 4.90 Å². The second kappa shape index (κ2) is 10.3. The number of carbonyl (C=O) groups is 1. The van der Waals surface area contributed by atoms with Crippen molar-refractivity contribution in [3.63, 3.8) is 0 Å². The maximum atomic E-state index is 12.6. The lowest BCUT2D eigenvalue weighted by atomic mass is 10.1. The number of para-hydroxylation sites is 1. The number of sulfonamides is 1. The summed E-state index contributed by atoms with van der Waals surface area (Å²) in [6.45, 7) is 2.62. The fourth-order valence-electron chi connectivity index (χ4n) is 3.61. The number of halogens is 1. The van der Waals surface area contributed by atoms with Gasteiger partial charge in [-0.05, 0) is 55.2 Å². The van der Waals surface area contributed by atoms with Crippen LogP contribution < -0.4 is 9.62 Å². The van der Waals surface area contributed by atoms with Crippen molar-refractivity contribution < 1.29 is 13.2 Å². The summed E-state index contributed by atoms with van der Waals surface area (Å²) in [5.74, 6) is -0.109. The number of amides is 1. The number of piperidine rings is 1. The molecule has 0 bridgehead atoms. The van der Waals surface area contributed by atoms with E-state index in [1.165, 1.54) is 49.2 Å². The van der Waals surface area contributed by atoms with Gasteiger partial charge in [-0.25, -0.2) is 13.1 Å². The molecule has 162 valence electrons. The molecule has 8 heteroatoms. The first-order valence-electron chi connectivity index (χ1n) is 10.2. The molecule has 6 nitrogen and oxygen atoms in total. The lowest BCUT2D eigenvalue weighted by molar-refractivity contribution is -0.130. The highest BCUT2D eigenvalue weighted by molar-refractivity contribution is 7.89. The van der Waals surface area contributed by atoms with Gasteiger partial charge >= 0.3 is 0 Å². The van der Waals surface area contributed by atoms with E-state index in [4.69, 9.17) is 11.6 Å². The molecule has 30 heavy (non-hydrogen) atoms. The summed E-state index contributed by atoms with van der Waals surface area (Å²) in [6, 6.07) is 14.1. The van der Waals surface area contributed by atoms with Crippen LogP contribution in [-0.2, 0) is 21.4 Å². The van der Waals surface area contributed by atoms with E-state index in [1.54, 1.807) is 11.9 Å². The Bertz CT molecular complexity index is 958. The van der Waals surface area contributed by atoms with Crippen molar-refractivity contribution in [3.8, 4) is 0 Å². The third-order valence-corrected chi connectivity index (χ3v) is 7.01. The lowest BCUT2D eigenvalue weighted by Gasteiger charge is -2.31. The Morgan fingerprint density at radius 1 is 1.07 bits per heavy atom. The van der Waals surface area contributed by atoms with E-state index in [-0.39, 0.29) is 23.8 Å². The van der Waals surface area contributed by atoms with Gasteiger partial charge in [0.1, 0.15) is 0 Å². The number of hydrogen-bond acceptors (Lipinski definition) is 4. The Morgan fingerprint density at radius 3 is 2.43 bits per heavy atom. The summed E-state index contributed by atoms with van der Waals surface area (Å²) in [6.07, 6.45) is 3.74. The molecular formula is C22H28ClN3O3S. The number of carbonyl (C=O) groups excluding carboxylic acids is 1. The lowest BCUT2D eigenvalue weighted by Crippen LogP contribution is -2.33. The summed E-state index contributed by atoms with van der Waals surface area (Å²) in [5.41, 5.74) is 2.29. The molecule has 2 aromatic rings. The summed E-state index contributed by atoms with van der Waals surface area (Å²) in [5, 5.41) is 0.468. The van der Waals surface area contributed by atoms with Crippen LogP contribution >= 0.6 is 11.6 Å². The van der Waals surface area contributed by atoms with Crippen LogP contribution in [0.15, 0.2) is 53.4 Å². The fraction of sp³-hybridized carbons (Fsp3) is 0.409. The van der Waals surface area contributed by atoms with Crippen LogP contribution in [0.5, 0.6) is 0 Å².